The molecule has 0 atom stereocenters. The number of halogens is 1. The average molecular weight is 469 g/mol. The van der Waals surface area contributed by atoms with Crippen molar-refractivity contribution in [1.82, 2.24) is 9.88 Å². The van der Waals surface area contributed by atoms with Gasteiger partial charge in [0.15, 0.2) is 0 Å². The average Bonchev–Trinajstić information content (AvgIpc) is 2.88. The molecule has 0 radical (unpaired) electrons. The summed E-state index contributed by atoms with van der Waals surface area (Å²) in [5.74, 6) is 0.0409. The lowest BCUT2D eigenvalue weighted by Crippen LogP contribution is -2.48. The third kappa shape index (κ3) is 3.51. The zero-order valence-corrected chi connectivity index (χ0v) is 19.1. The fraction of sp³-hybridized carbons (Fsp3) is 0.148. The molecule has 1 aromatic heterocycles. The Kier molecular flexibility index (Phi) is 5.56. The molecule has 2 heterocycles. The van der Waals surface area contributed by atoms with Crippen LogP contribution in [0.15, 0.2) is 67.4 Å². The van der Waals surface area contributed by atoms with Gasteiger partial charge in [0.05, 0.1) is 21.8 Å². The number of rotatable bonds is 3. The first-order valence-electron chi connectivity index (χ1n) is 10.9. The van der Waals surface area contributed by atoms with Crippen LogP contribution in [0.5, 0.6) is 5.75 Å². The number of nitriles is 1. The highest BCUT2D eigenvalue weighted by atomic mass is 35.5. The minimum absolute atomic E-state index is 0.0951. The molecule has 3 aromatic carbocycles. The molecular weight excluding hydrogens is 448 g/mol. The highest BCUT2D eigenvalue weighted by Gasteiger charge is 2.25. The van der Waals surface area contributed by atoms with E-state index < -0.39 is 0 Å². The third-order valence-electron chi connectivity index (χ3n) is 6.33. The van der Waals surface area contributed by atoms with Crippen molar-refractivity contribution in [3.63, 3.8) is 0 Å². The van der Waals surface area contributed by atoms with E-state index in [-0.39, 0.29) is 11.7 Å². The Morgan fingerprint density at radius 2 is 1.85 bits per heavy atom. The van der Waals surface area contributed by atoms with E-state index >= 15 is 0 Å². The number of hydrogen-bond acceptors (Lipinski definition) is 5. The summed E-state index contributed by atoms with van der Waals surface area (Å²) < 4.78 is 0. The highest BCUT2D eigenvalue weighted by Crippen LogP contribution is 2.43. The van der Waals surface area contributed by atoms with Crippen molar-refractivity contribution in [1.29, 1.82) is 5.26 Å². The molecule has 0 spiro atoms. The van der Waals surface area contributed by atoms with Crippen molar-refractivity contribution >= 4 is 44.9 Å². The normalized spacial score (nSPS) is 13.8. The number of carbonyl (C=O) groups excluding carboxylic acids is 1. The van der Waals surface area contributed by atoms with Crippen molar-refractivity contribution in [2.45, 2.75) is 0 Å². The van der Waals surface area contributed by atoms with Crippen molar-refractivity contribution < 1.29 is 9.90 Å². The molecule has 0 saturated carbocycles. The lowest BCUT2D eigenvalue weighted by Gasteiger charge is -2.36. The van der Waals surface area contributed by atoms with Crippen LogP contribution in [0.25, 0.3) is 32.8 Å². The summed E-state index contributed by atoms with van der Waals surface area (Å²) in [5.41, 5.74) is 3.09. The summed E-state index contributed by atoms with van der Waals surface area (Å²) in [5, 5.41) is 23.6. The predicted octanol–water partition coefficient (Wildman–Crippen LogP) is 5.12. The molecule has 34 heavy (non-hydrogen) atoms. The second kappa shape index (κ2) is 8.69. The van der Waals surface area contributed by atoms with E-state index in [2.05, 4.69) is 22.5 Å². The van der Waals surface area contributed by atoms with Gasteiger partial charge in [-0.15, -0.1) is 0 Å². The summed E-state index contributed by atoms with van der Waals surface area (Å²) in [4.78, 5) is 20.3. The van der Waals surface area contributed by atoms with Gasteiger partial charge in [0.25, 0.3) is 0 Å². The van der Waals surface area contributed by atoms with Crippen LogP contribution >= 0.6 is 11.6 Å². The number of fused-ring (bicyclic) bond motifs is 2. The van der Waals surface area contributed by atoms with Crippen molar-refractivity contribution in [3.8, 4) is 22.9 Å². The zero-order chi connectivity index (χ0) is 23.8. The van der Waals surface area contributed by atoms with Gasteiger partial charge >= 0.3 is 0 Å². The minimum atomic E-state index is -0.0951. The Morgan fingerprint density at radius 1 is 1.09 bits per heavy atom. The van der Waals surface area contributed by atoms with Crippen LogP contribution in [-0.2, 0) is 4.79 Å². The lowest BCUT2D eigenvalue weighted by atomic mass is 9.95. The summed E-state index contributed by atoms with van der Waals surface area (Å²) in [6, 6.07) is 17.4. The fourth-order valence-electron chi connectivity index (χ4n) is 4.66. The van der Waals surface area contributed by atoms with Gasteiger partial charge in [0.1, 0.15) is 11.8 Å². The first kappa shape index (κ1) is 21.7. The number of carbonyl (C=O) groups is 1. The molecular formula is C27H21ClN4O2. The van der Waals surface area contributed by atoms with Gasteiger partial charge in [0.2, 0.25) is 5.91 Å². The Labute approximate surface area is 201 Å². The lowest BCUT2D eigenvalue weighted by molar-refractivity contribution is -0.126. The number of aromatic nitrogens is 1. The van der Waals surface area contributed by atoms with Gasteiger partial charge in [-0.05, 0) is 29.0 Å². The number of hydrogen-bond donors (Lipinski definition) is 1. The summed E-state index contributed by atoms with van der Waals surface area (Å²) in [6.45, 7) is 5.79. The molecule has 1 fully saturated rings. The first-order valence-corrected chi connectivity index (χ1v) is 11.3. The van der Waals surface area contributed by atoms with Gasteiger partial charge in [-0.2, -0.15) is 5.26 Å². The van der Waals surface area contributed by atoms with Crippen molar-refractivity contribution in [2.75, 3.05) is 31.1 Å². The third-order valence-corrected chi connectivity index (χ3v) is 6.71. The van der Waals surface area contributed by atoms with Crippen LogP contribution in [-0.4, -0.2) is 47.1 Å². The van der Waals surface area contributed by atoms with Crippen molar-refractivity contribution in [2.24, 2.45) is 0 Å². The van der Waals surface area contributed by atoms with Gasteiger partial charge in [-0.25, -0.2) is 0 Å². The predicted molar refractivity (Wildman–Crippen MR) is 135 cm³/mol. The second-order valence-electron chi connectivity index (χ2n) is 8.15. The molecule has 0 aliphatic carbocycles. The van der Waals surface area contributed by atoms with E-state index in [1.54, 1.807) is 11.0 Å². The van der Waals surface area contributed by atoms with E-state index in [0.717, 1.165) is 21.8 Å². The largest absolute Gasteiger partial charge is 0.507 e. The second-order valence-corrected chi connectivity index (χ2v) is 8.53. The van der Waals surface area contributed by atoms with Crippen molar-refractivity contribution in [3.05, 3.63) is 78.0 Å². The van der Waals surface area contributed by atoms with Gasteiger partial charge < -0.3 is 14.9 Å². The molecule has 7 heteroatoms. The van der Waals surface area contributed by atoms with Gasteiger partial charge in [-0.1, -0.05) is 54.6 Å². The van der Waals surface area contributed by atoms with Crippen LogP contribution in [0.2, 0.25) is 5.02 Å². The first-order chi connectivity index (χ1) is 16.5. The molecule has 1 aliphatic rings. The number of anilines is 1. The van der Waals surface area contributed by atoms with E-state index in [0.29, 0.717) is 53.4 Å². The minimum Gasteiger partial charge on any atom is -0.507 e. The van der Waals surface area contributed by atoms with Crippen LogP contribution in [0.1, 0.15) is 5.56 Å². The molecule has 6 nitrogen and oxygen atoms in total. The van der Waals surface area contributed by atoms with Gasteiger partial charge in [-0.3, -0.25) is 9.78 Å². The molecule has 4 aromatic rings. The quantitative estimate of drug-likeness (QED) is 0.422. The maximum atomic E-state index is 12.0. The SMILES string of the molecule is C=CC(=O)N1CCN(c2c(C#N)cnc3c(Cl)c(-c4c(O)ccc5ccccc45)ccc23)CC1. The van der Waals surface area contributed by atoms with Crippen LogP contribution in [0.4, 0.5) is 5.69 Å². The molecule has 1 aliphatic heterocycles. The Balaban J connectivity index is 1.65. The molecule has 168 valence electrons. The van der Waals surface area contributed by atoms with E-state index in [1.165, 1.54) is 12.3 Å². The Hall–Kier alpha value is -4.08. The standard InChI is InChI=1S/C27H21ClN4O2/c1-2-23(34)31-11-13-32(14-12-31)27-18(15-29)16-30-26-21(27)9-8-20(25(26)28)24-19-6-4-3-5-17(19)7-10-22(24)33/h2-10,16,33H,1,11-14H2. The molecule has 1 amide bonds. The maximum absolute atomic E-state index is 12.0. The summed E-state index contributed by atoms with van der Waals surface area (Å²) in [7, 11) is 0. The highest BCUT2D eigenvalue weighted by molar-refractivity contribution is 6.38. The maximum Gasteiger partial charge on any atom is 0.246 e. The van der Waals surface area contributed by atoms with Crippen LogP contribution in [0, 0.1) is 11.3 Å². The monoisotopic (exact) mass is 468 g/mol. The topological polar surface area (TPSA) is 80.5 Å². The number of piperazine rings is 1. The molecule has 1 saturated heterocycles. The molecule has 0 bridgehead atoms. The van der Waals surface area contributed by atoms with Crippen LogP contribution in [0.3, 0.4) is 0 Å². The summed E-state index contributed by atoms with van der Waals surface area (Å²) in [6.07, 6.45) is 2.86. The van der Waals surface area contributed by atoms with E-state index in [9.17, 15) is 15.2 Å². The van der Waals surface area contributed by atoms with E-state index in [1.807, 2.05) is 42.5 Å². The fourth-order valence-corrected chi connectivity index (χ4v) is 4.96. The number of pyridine rings is 1. The number of phenolic OH excluding ortho intramolecular Hbond substituents is 1. The molecule has 5 rings (SSSR count). The van der Waals surface area contributed by atoms with Crippen LogP contribution < -0.4 is 4.90 Å². The molecule has 0 unspecified atom stereocenters. The number of amides is 1. The molecule has 1 N–H and O–H groups in total. The summed E-state index contributed by atoms with van der Waals surface area (Å²) >= 11 is 6.90. The Morgan fingerprint density at radius 3 is 2.59 bits per heavy atom. The number of nitrogens with zero attached hydrogens (tertiary/aromatic N) is 4. The zero-order valence-electron chi connectivity index (χ0n) is 18.3. The Bertz CT molecular complexity index is 1500. The number of aromatic hydroxyl groups is 1. The number of phenols is 1. The smallest absolute Gasteiger partial charge is 0.246 e. The number of benzene rings is 3. The van der Waals surface area contributed by atoms with Gasteiger partial charge in [0, 0.05) is 48.9 Å². The van der Waals surface area contributed by atoms with E-state index in [4.69, 9.17) is 11.6 Å².